The van der Waals surface area contributed by atoms with E-state index >= 15 is 0 Å². The standard InChI is InChI=1S/C30H26Cl4O4/c1-29(17-3-7-21(35)8-4-17,18-5-9-22(36)10-6-18)11-12-30(2,19-13-23(31)27(37)24(32)14-19)20-15-25(33)28(38)26(34)16-20/h3-10,13-16,35-38H,11-12H2,1-2H3. The minimum absolute atomic E-state index is 0.106. The van der Waals surface area contributed by atoms with Crippen molar-refractivity contribution in [3.05, 3.63) is 115 Å². The number of phenols is 4. The number of halogens is 4. The van der Waals surface area contributed by atoms with Gasteiger partial charge in [-0.25, -0.2) is 0 Å². The van der Waals surface area contributed by atoms with Crippen LogP contribution in [-0.2, 0) is 10.8 Å². The molecule has 0 spiro atoms. The van der Waals surface area contributed by atoms with E-state index in [0.717, 1.165) is 22.3 Å². The molecule has 4 aromatic carbocycles. The summed E-state index contributed by atoms with van der Waals surface area (Å²) in [6.07, 6.45) is 1.12. The molecular formula is C30H26Cl4O4. The second-order valence-corrected chi connectivity index (χ2v) is 11.5. The lowest BCUT2D eigenvalue weighted by molar-refractivity contribution is 0.410. The van der Waals surface area contributed by atoms with E-state index in [9.17, 15) is 20.4 Å². The van der Waals surface area contributed by atoms with Crippen LogP contribution in [0, 0.1) is 0 Å². The lowest BCUT2D eigenvalue weighted by Crippen LogP contribution is -2.30. The molecule has 0 aliphatic carbocycles. The van der Waals surface area contributed by atoms with Crippen molar-refractivity contribution in [3.8, 4) is 23.0 Å². The lowest BCUT2D eigenvalue weighted by Gasteiger charge is -2.38. The molecule has 4 nitrogen and oxygen atoms in total. The van der Waals surface area contributed by atoms with Gasteiger partial charge in [0.25, 0.3) is 0 Å². The Labute approximate surface area is 241 Å². The molecule has 0 radical (unpaired) electrons. The topological polar surface area (TPSA) is 80.9 Å². The number of hydrogen-bond acceptors (Lipinski definition) is 4. The molecule has 0 amide bonds. The molecule has 0 saturated carbocycles. The highest BCUT2D eigenvalue weighted by Gasteiger charge is 2.37. The highest BCUT2D eigenvalue weighted by Crippen LogP contribution is 2.48. The number of benzene rings is 4. The second-order valence-electron chi connectivity index (χ2n) is 9.83. The molecule has 0 bridgehead atoms. The van der Waals surface area contributed by atoms with Gasteiger partial charge in [-0.05, 0) is 83.6 Å². The predicted octanol–water partition coefficient (Wildman–Crippen LogP) is 9.21. The van der Waals surface area contributed by atoms with Gasteiger partial charge in [-0.15, -0.1) is 0 Å². The van der Waals surface area contributed by atoms with Crippen molar-refractivity contribution in [1.82, 2.24) is 0 Å². The van der Waals surface area contributed by atoms with Crippen LogP contribution in [-0.4, -0.2) is 20.4 Å². The van der Waals surface area contributed by atoms with Crippen LogP contribution in [0.1, 0.15) is 48.9 Å². The summed E-state index contributed by atoms with van der Waals surface area (Å²) >= 11 is 25.4. The number of rotatable bonds is 7. The van der Waals surface area contributed by atoms with E-state index in [1.54, 1.807) is 48.5 Å². The molecule has 4 rings (SSSR count). The summed E-state index contributed by atoms with van der Waals surface area (Å²) in [5.74, 6) is -0.0970. The third kappa shape index (κ3) is 5.37. The van der Waals surface area contributed by atoms with Crippen LogP contribution in [0.2, 0.25) is 20.1 Å². The molecule has 4 aromatic rings. The van der Waals surface area contributed by atoms with Gasteiger partial charge in [0.1, 0.15) is 11.5 Å². The number of aromatic hydroxyl groups is 4. The van der Waals surface area contributed by atoms with Gasteiger partial charge in [0.2, 0.25) is 0 Å². The van der Waals surface area contributed by atoms with E-state index in [-0.39, 0.29) is 43.1 Å². The van der Waals surface area contributed by atoms with Crippen molar-refractivity contribution in [3.63, 3.8) is 0 Å². The Balaban J connectivity index is 1.88. The van der Waals surface area contributed by atoms with E-state index < -0.39 is 10.8 Å². The van der Waals surface area contributed by atoms with Crippen LogP contribution >= 0.6 is 46.4 Å². The minimum atomic E-state index is -0.767. The third-order valence-corrected chi connectivity index (χ3v) is 8.59. The molecule has 0 unspecified atom stereocenters. The summed E-state index contributed by atoms with van der Waals surface area (Å²) in [6, 6.07) is 20.7. The first-order chi connectivity index (χ1) is 17.8. The first-order valence-corrected chi connectivity index (χ1v) is 13.3. The fourth-order valence-electron chi connectivity index (χ4n) is 4.84. The normalized spacial score (nSPS) is 12.1. The van der Waals surface area contributed by atoms with Crippen LogP contribution in [0.4, 0.5) is 0 Å². The smallest absolute Gasteiger partial charge is 0.152 e. The van der Waals surface area contributed by atoms with Crippen LogP contribution in [0.25, 0.3) is 0 Å². The van der Waals surface area contributed by atoms with Crippen molar-refractivity contribution >= 4 is 46.4 Å². The molecule has 0 fully saturated rings. The van der Waals surface area contributed by atoms with E-state index in [4.69, 9.17) is 46.4 Å². The van der Waals surface area contributed by atoms with Gasteiger partial charge in [0.15, 0.2) is 11.5 Å². The molecule has 38 heavy (non-hydrogen) atoms. The number of phenolic OH excluding ortho intramolecular Hbond substituents is 4. The highest BCUT2D eigenvalue weighted by molar-refractivity contribution is 6.37. The zero-order valence-electron chi connectivity index (χ0n) is 20.6. The van der Waals surface area contributed by atoms with Crippen molar-refractivity contribution in [2.24, 2.45) is 0 Å². The van der Waals surface area contributed by atoms with Gasteiger partial charge in [-0.3, -0.25) is 0 Å². The zero-order chi connectivity index (χ0) is 27.8. The SMILES string of the molecule is CC(CCC(C)(c1cc(Cl)c(O)c(Cl)c1)c1cc(Cl)c(O)c(Cl)c1)(c1ccc(O)cc1)c1ccc(O)cc1. The zero-order valence-corrected chi connectivity index (χ0v) is 23.7. The highest BCUT2D eigenvalue weighted by atomic mass is 35.5. The number of hydrogen-bond donors (Lipinski definition) is 4. The van der Waals surface area contributed by atoms with Crippen LogP contribution < -0.4 is 0 Å². The van der Waals surface area contributed by atoms with Crippen molar-refractivity contribution in [2.45, 2.75) is 37.5 Å². The van der Waals surface area contributed by atoms with Crippen molar-refractivity contribution in [1.29, 1.82) is 0 Å². The lowest BCUT2D eigenvalue weighted by atomic mass is 9.66. The Morgan fingerprint density at radius 1 is 0.474 bits per heavy atom. The molecule has 0 aliphatic rings. The largest absolute Gasteiger partial charge is 0.508 e. The summed E-state index contributed by atoms with van der Waals surface area (Å²) in [7, 11) is 0. The molecule has 8 heteroatoms. The fraction of sp³-hybridized carbons (Fsp3) is 0.200. The van der Waals surface area contributed by atoms with Gasteiger partial charge in [-0.1, -0.05) is 84.5 Å². The molecule has 0 saturated heterocycles. The van der Waals surface area contributed by atoms with Gasteiger partial charge >= 0.3 is 0 Å². The van der Waals surface area contributed by atoms with Crippen LogP contribution in [0.5, 0.6) is 23.0 Å². The quantitative estimate of drug-likeness (QED) is 0.173. The van der Waals surface area contributed by atoms with E-state index in [2.05, 4.69) is 6.92 Å². The molecular weight excluding hydrogens is 566 g/mol. The summed E-state index contributed by atoms with van der Waals surface area (Å²) in [4.78, 5) is 0. The first kappa shape index (κ1) is 28.3. The summed E-state index contributed by atoms with van der Waals surface area (Å²) < 4.78 is 0. The average molecular weight is 592 g/mol. The van der Waals surface area contributed by atoms with E-state index in [0.29, 0.717) is 12.8 Å². The monoisotopic (exact) mass is 590 g/mol. The second kappa shape index (κ2) is 10.8. The maximum atomic E-state index is 10.2. The molecule has 0 heterocycles. The third-order valence-electron chi connectivity index (χ3n) is 7.44. The van der Waals surface area contributed by atoms with E-state index in [1.807, 2.05) is 31.2 Å². The van der Waals surface area contributed by atoms with Crippen LogP contribution in [0.15, 0.2) is 72.8 Å². The maximum absolute atomic E-state index is 10.2. The Morgan fingerprint density at radius 3 is 1.03 bits per heavy atom. The Kier molecular flexibility index (Phi) is 8.02. The van der Waals surface area contributed by atoms with Crippen LogP contribution in [0.3, 0.4) is 0 Å². The Hall–Kier alpha value is -2.76. The molecule has 0 aromatic heterocycles. The minimum Gasteiger partial charge on any atom is -0.508 e. The van der Waals surface area contributed by atoms with Gasteiger partial charge < -0.3 is 20.4 Å². The molecule has 0 aliphatic heterocycles. The molecule has 198 valence electrons. The predicted molar refractivity (Wildman–Crippen MR) is 155 cm³/mol. The molecule has 0 atom stereocenters. The maximum Gasteiger partial charge on any atom is 0.152 e. The Morgan fingerprint density at radius 2 is 0.737 bits per heavy atom. The average Bonchev–Trinajstić information content (AvgIpc) is 2.89. The summed E-state index contributed by atoms with van der Waals surface area (Å²) in [6.45, 7) is 4.10. The van der Waals surface area contributed by atoms with Gasteiger partial charge in [-0.2, -0.15) is 0 Å². The van der Waals surface area contributed by atoms with Gasteiger partial charge in [0, 0.05) is 10.8 Å². The molecule has 4 N–H and O–H groups in total. The van der Waals surface area contributed by atoms with Gasteiger partial charge in [0.05, 0.1) is 20.1 Å². The fourth-order valence-corrected chi connectivity index (χ4v) is 5.81. The van der Waals surface area contributed by atoms with Crippen molar-refractivity contribution < 1.29 is 20.4 Å². The first-order valence-electron chi connectivity index (χ1n) is 11.8. The summed E-state index contributed by atoms with van der Waals surface area (Å²) in [5, 5.41) is 40.7. The van der Waals surface area contributed by atoms with E-state index in [1.165, 1.54) is 0 Å². The summed E-state index contributed by atoms with van der Waals surface area (Å²) in [5.41, 5.74) is 2.07. The Bertz CT molecular complexity index is 1320. The van der Waals surface area contributed by atoms with Crippen molar-refractivity contribution in [2.75, 3.05) is 0 Å².